The summed E-state index contributed by atoms with van der Waals surface area (Å²) in [6.45, 7) is 12.7. The molecule has 4 heteroatoms. The summed E-state index contributed by atoms with van der Waals surface area (Å²) in [5, 5.41) is 3.33. The van der Waals surface area contributed by atoms with Crippen molar-refractivity contribution in [2.75, 3.05) is 19.6 Å². The van der Waals surface area contributed by atoms with E-state index >= 15 is 0 Å². The summed E-state index contributed by atoms with van der Waals surface area (Å²) in [4.78, 5) is 14.6. The Kier molecular flexibility index (Phi) is 3.45. The number of hydrogen-bond donors (Lipinski definition) is 1. The van der Waals surface area contributed by atoms with E-state index in [2.05, 4.69) is 39.9 Å². The van der Waals surface area contributed by atoms with Gasteiger partial charge in [-0.15, -0.1) is 0 Å². The smallest absolute Gasteiger partial charge is 0.240 e. The van der Waals surface area contributed by atoms with Crippen molar-refractivity contribution in [1.29, 1.82) is 0 Å². The predicted octanol–water partition coefficient (Wildman–Crippen LogP) is 1.40. The van der Waals surface area contributed by atoms with Gasteiger partial charge in [-0.3, -0.25) is 4.79 Å². The maximum absolute atomic E-state index is 12.6. The zero-order chi connectivity index (χ0) is 13.6. The highest BCUT2D eigenvalue weighted by molar-refractivity contribution is 5.82. The summed E-state index contributed by atoms with van der Waals surface area (Å²) in [6.07, 6.45) is 1.09. The molecule has 0 aromatic rings. The Balaban J connectivity index is 2.10. The minimum atomic E-state index is -0.265. The van der Waals surface area contributed by atoms with Crippen molar-refractivity contribution in [1.82, 2.24) is 10.2 Å². The van der Waals surface area contributed by atoms with Gasteiger partial charge in [-0.1, -0.05) is 6.92 Å². The molecule has 0 aromatic heterocycles. The van der Waals surface area contributed by atoms with Gasteiger partial charge in [0.2, 0.25) is 5.91 Å². The van der Waals surface area contributed by atoms with Crippen LogP contribution in [0, 0.1) is 5.92 Å². The topological polar surface area (TPSA) is 41.6 Å². The Morgan fingerprint density at radius 1 is 1.22 bits per heavy atom. The molecule has 0 bridgehead atoms. The third-order valence-corrected chi connectivity index (χ3v) is 3.81. The highest BCUT2D eigenvalue weighted by atomic mass is 16.5. The molecule has 0 saturated carbocycles. The van der Waals surface area contributed by atoms with Crippen molar-refractivity contribution in [2.45, 2.75) is 58.3 Å². The molecular weight excluding hydrogens is 228 g/mol. The molecule has 2 aliphatic rings. The fraction of sp³-hybridized carbons (Fsp3) is 0.929. The van der Waals surface area contributed by atoms with Crippen LogP contribution in [0.3, 0.4) is 0 Å². The Morgan fingerprint density at radius 2 is 1.78 bits per heavy atom. The second kappa shape index (κ2) is 4.49. The fourth-order valence-electron chi connectivity index (χ4n) is 3.31. The minimum Gasteiger partial charge on any atom is -0.366 e. The first-order valence-corrected chi connectivity index (χ1v) is 6.93. The van der Waals surface area contributed by atoms with Gasteiger partial charge in [0.25, 0.3) is 0 Å². The number of nitrogens with zero attached hydrogens (tertiary/aromatic N) is 1. The molecule has 18 heavy (non-hydrogen) atoms. The first-order valence-electron chi connectivity index (χ1n) is 6.93. The van der Waals surface area contributed by atoms with Crippen LogP contribution in [0.25, 0.3) is 0 Å². The lowest BCUT2D eigenvalue weighted by Gasteiger charge is -2.47. The Hall–Kier alpha value is -0.610. The molecule has 104 valence electrons. The maximum atomic E-state index is 12.6. The van der Waals surface area contributed by atoms with Crippen molar-refractivity contribution >= 4 is 5.91 Å². The average Bonchev–Trinajstić information content (AvgIpc) is 2.58. The number of ether oxygens (including phenoxy) is 1. The van der Waals surface area contributed by atoms with Crippen molar-refractivity contribution in [3.63, 3.8) is 0 Å². The molecule has 2 unspecified atom stereocenters. The predicted molar refractivity (Wildman–Crippen MR) is 71.4 cm³/mol. The number of nitrogens with one attached hydrogen (secondary N) is 1. The summed E-state index contributed by atoms with van der Waals surface area (Å²) in [5.41, 5.74) is -0.529. The van der Waals surface area contributed by atoms with Crippen molar-refractivity contribution in [3.8, 4) is 0 Å². The number of carbonyl (C=O) groups is 1. The van der Waals surface area contributed by atoms with Gasteiger partial charge in [-0.25, -0.2) is 0 Å². The Morgan fingerprint density at radius 3 is 2.22 bits per heavy atom. The van der Waals surface area contributed by atoms with Crippen LogP contribution in [-0.2, 0) is 9.53 Å². The van der Waals surface area contributed by atoms with E-state index in [1.165, 1.54) is 0 Å². The van der Waals surface area contributed by atoms with Crippen LogP contribution in [0.15, 0.2) is 0 Å². The van der Waals surface area contributed by atoms with Gasteiger partial charge in [0.15, 0.2) is 0 Å². The summed E-state index contributed by atoms with van der Waals surface area (Å²) in [5.74, 6) is 0.677. The van der Waals surface area contributed by atoms with Gasteiger partial charge in [0.05, 0.1) is 17.2 Å². The largest absolute Gasteiger partial charge is 0.366 e. The molecule has 2 heterocycles. The molecule has 0 aliphatic carbocycles. The van der Waals surface area contributed by atoms with E-state index in [1.807, 2.05) is 4.90 Å². The average molecular weight is 254 g/mol. The lowest BCUT2D eigenvalue weighted by atomic mass is 9.96. The van der Waals surface area contributed by atoms with Crippen LogP contribution >= 0.6 is 0 Å². The van der Waals surface area contributed by atoms with Crippen LogP contribution in [0.2, 0.25) is 0 Å². The molecule has 2 saturated heterocycles. The summed E-state index contributed by atoms with van der Waals surface area (Å²) >= 11 is 0. The molecule has 4 nitrogen and oxygen atoms in total. The summed E-state index contributed by atoms with van der Waals surface area (Å²) in [7, 11) is 0. The Labute approximate surface area is 110 Å². The Bertz CT molecular complexity index is 323. The van der Waals surface area contributed by atoms with Gasteiger partial charge >= 0.3 is 0 Å². The molecule has 1 N–H and O–H groups in total. The van der Waals surface area contributed by atoms with Crippen LogP contribution in [0.5, 0.6) is 0 Å². The number of amides is 1. The number of hydrogen-bond acceptors (Lipinski definition) is 3. The van der Waals surface area contributed by atoms with Crippen LogP contribution in [0.4, 0.5) is 0 Å². The highest BCUT2D eigenvalue weighted by Crippen LogP contribution is 2.29. The third-order valence-electron chi connectivity index (χ3n) is 3.81. The van der Waals surface area contributed by atoms with Crippen molar-refractivity contribution in [2.24, 2.45) is 5.92 Å². The molecule has 1 amide bonds. The van der Waals surface area contributed by atoms with E-state index < -0.39 is 0 Å². The third kappa shape index (κ3) is 2.86. The monoisotopic (exact) mass is 254 g/mol. The van der Waals surface area contributed by atoms with Gasteiger partial charge in [-0.05, 0) is 46.6 Å². The number of rotatable bonds is 1. The van der Waals surface area contributed by atoms with E-state index in [0.29, 0.717) is 19.0 Å². The zero-order valence-corrected chi connectivity index (χ0v) is 12.2. The van der Waals surface area contributed by atoms with Gasteiger partial charge in [-0.2, -0.15) is 0 Å². The van der Waals surface area contributed by atoms with E-state index in [4.69, 9.17) is 4.74 Å². The highest BCUT2D eigenvalue weighted by Gasteiger charge is 2.42. The second-order valence-corrected chi connectivity index (χ2v) is 7.01. The quantitative estimate of drug-likeness (QED) is 0.769. The lowest BCUT2D eigenvalue weighted by molar-refractivity contribution is -0.189. The van der Waals surface area contributed by atoms with Gasteiger partial charge in [0.1, 0.15) is 0 Å². The molecule has 2 aliphatic heterocycles. The molecule has 2 fully saturated rings. The van der Waals surface area contributed by atoms with Gasteiger partial charge in [0, 0.05) is 13.1 Å². The zero-order valence-electron chi connectivity index (χ0n) is 12.2. The van der Waals surface area contributed by atoms with E-state index in [9.17, 15) is 4.79 Å². The van der Waals surface area contributed by atoms with Crippen molar-refractivity contribution in [3.05, 3.63) is 0 Å². The molecule has 2 rings (SSSR count). The molecule has 0 aromatic carbocycles. The maximum Gasteiger partial charge on any atom is 0.240 e. The molecule has 0 spiro atoms. The number of carbonyl (C=O) groups excluding carboxylic acids is 1. The van der Waals surface area contributed by atoms with Crippen LogP contribution in [0.1, 0.15) is 41.0 Å². The second-order valence-electron chi connectivity index (χ2n) is 7.01. The first kappa shape index (κ1) is 13.8. The van der Waals surface area contributed by atoms with E-state index in [0.717, 1.165) is 13.0 Å². The molecular formula is C14H26N2O2. The molecule has 0 radical (unpaired) electrons. The van der Waals surface area contributed by atoms with E-state index in [1.54, 1.807) is 0 Å². The standard InChI is InChI=1S/C14H26N2O2/c1-10-6-7-15-11(10)12(17)16-8-13(2,3)18-14(4,5)9-16/h10-11,15H,6-9H2,1-5H3. The summed E-state index contributed by atoms with van der Waals surface area (Å²) < 4.78 is 6.02. The van der Waals surface area contributed by atoms with Gasteiger partial charge < -0.3 is 15.0 Å². The van der Waals surface area contributed by atoms with Crippen LogP contribution < -0.4 is 5.32 Å². The fourth-order valence-corrected chi connectivity index (χ4v) is 3.31. The first-order chi connectivity index (χ1) is 8.20. The van der Waals surface area contributed by atoms with Crippen molar-refractivity contribution < 1.29 is 9.53 Å². The van der Waals surface area contributed by atoms with E-state index in [-0.39, 0.29) is 23.2 Å². The normalized spacial score (nSPS) is 34.6. The summed E-state index contributed by atoms with van der Waals surface area (Å²) in [6, 6.07) is -0.00491. The SMILES string of the molecule is CC1CCNC1C(=O)N1CC(C)(C)OC(C)(C)C1. The molecule has 2 atom stereocenters. The van der Waals surface area contributed by atoms with Crippen LogP contribution in [-0.4, -0.2) is 47.7 Å². The number of morpholine rings is 1. The minimum absolute atomic E-state index is 0.00491. The lowest BCUT2D eigenvalue weighted by Crippen LogP contribution is -2.61.